The van der Waals surface area contributed by atoms with E-state index in [9.17, 15) is 4.79 Å². The number of carbonyl (C=O) groups excluding carboxylic acids is 1. The third-order valence-corrected chi connectivity index (χ3v) is 3.16. The summed E-state index contributed by atoms with van der Waals surface area (Å²) in [6, 6.07) is 0. The van der Waals surface area contributed by atoms with E-state index in [0.717, 1.165) is 10.2 Å². The van der Waals surface area contributed by atoms with Gasteiger partial charge in [0.25, 0.3) is 0 Å². The van der Waals surface area contributed by atoms with Crippen molar-refractivity contribution in [3.63, 3.8) is 0 Å². The van der Waals surface area contributed by atoms with Gasteiger partial charge in [0.2, 0.25) is 0 Å². The fraction of sp³-hybridized carbons (Fsp3) is 0.333. The maximum atomic E-state index is 9.99. The summed E-state index contributed by atoms with van der Waals surface area (Å²) < 4.78 is 0. The van der Waals surface area contributed by atoms with Crippen molar-refractivity contribution in [1.82, 2.24) is 0 Å². The van der Waals surface area contributed by atoms with Crippen molar-refractivity contribution in [1.29, 1.82) is 5.26 Å². The van der Waals surface area contributed by atoms with Crippen molar-refractivity contribution in [2.45, 2.75) is 5.32 Å². The molecule has 0 fully saturated rings. The number of primary amides is 1. The molecule has 0 rings (SSSR count). The van der Waals surface area contributed by atoms with Gasteiger partial charge in [-0.3, -0.25) is 0 Å². The Kier molecular flexibility index (Phi) is 4.87. The molecule has 0 aliphatic heterocycles. The average Bonchev–Trinajstić information content (AvgIpc) is 1.66. The molecule has 44 valence electrons. The van der Waals surface area contributed by atoms with Crippen molar-refractivity contribution >= 4 is 29.9 Å². The number of hydrogen-bond acceptors (Lipinski definition) is 3. The zero-order valence-electron chi connectivity index (χ0n) is 3.96. The van der Waals surface area contributed by atoms with Gasteiger partial charge in [0.05, 0.1) is 0 Å². The molecule has 0 aliphatic carbocycles. The SMILES string of the molecule is N#CS[Se]CC(N)=O. The summed E-state index contributed by atoms with van der Waals surface area (Å²) in [6.45, 7) is 0. The van der Waals surface area contributed by atoms with E-state index >= 15 is 0 Å². The van der Waals surface area contributed by atoms with Gasteiger partial charge in [-0.15, -0.1) is 0 Å². The van der Waals surface area contributed by atoms with Gasteiger partial charge in [-0.2, -0.15) is 0 Å². The molecule has 0 heterocycles. The Bertz CT molecular complexity index is 121. The molecule has 0 radical (unpaired) electrons. The van der Waals surface area contributed by atoms with E-state index in [1.54, 1.807) is 0 Å². The van der Waals surface area contributed by atoms with Gasteiger partial charge in [0.1, 0.15) is 0 Å². The van der Waals surface area contributed by atoms with Crippen LogP contribution in [0.4, 0.5) is 0 Å². The molecule has 5 heteroatoms. The van der Waals surface area contributed by atoms with Crippen LogP contribution in [0.5, 0.6) is 0 Å². The van der Waals surface area contributed by atoms with Crippen molar-refractivity contribution in [2.75, 3.05) is 0 Å². The molecule has 0 saturated heterocycles. The van der Waals surface area contributed by atoms with Gasteiger partial charge in [-0.05, 0) is 0 Å². The Hall–Kier alpha value is -0.171. The van der Waals surface area contributed by atoms with Crippen molar-refractivity contribution in [3.05, 3.63) is 0 Å². The first-order valence-corrected chi connectivity index (χ1v) is 5.78. The number of nitriles is 1. The molecule has 0 aromatic heterocycles. The van der Waals surface area contributed by atoms with Gasteiger partial charge in [0.15, 0.2) is 0 Å². The summed E-state index contributed by atoms with van der Waals surface area (Å²) in [5.41, 5.74) is 4.79. The van der Waals surface area contributed by atoms with Crippen molar-refractivity contribution < 1.29 is 4.79 Å². The molecule has 0 aromatic carbocycles. The number of nitrogens with two attached hydrogens (primary N) is 1. The molecule has 3 nitrogen and oxygen atoms in total. The summed E-state index contributed by atoms with van der Waals surface area (Å²) in [7, 11) is 1.10. The average molecular weight is 195 g/mol. The molecule has 0 unspecified atom stereocenters. The summed E-state index contributed by atoms with van der Waals surface area (Å²) in [4.78, 5) is 9.99. The molecular formula is C3H4N2OSSe. The Morgan fingerprint density at radius 3 is 3.00 bits per heavy atom. The van der Waals surface area contributed by atoms with Crippen LogP contribution in [0.3, 0.4) is 0 Å². The normalized spacial score (nSPS) is 7.88. The number of nitrogens with zero attached hydrogens (tertiary/aromatic N) is 1. The first-order valence-electron chi connectivity index (χ1n) is 1.73. The maximum absolute atomic E-state index is 9.99. The summed E-state index contributed by atoms with van der Waals surface area (Å²) in [5, 5.41) is 10.2. The molecule has 8 heavy (non-hydrogen) atoms. The van der Waals surface area contributed by atoms with Gasteiger partial charge < -0.3 is 0 Å². The molecule has 2 N–H and O–H groups in total. The van der Waals surface area contributed by atoms with E-state index in [4.69, 9.17) is 11.0 Å². The monoisotopic (exact) mass is 196 g/mol. The Morgan fingerprint density at radius 1 is 2.00 bits per heavy atom. The number of thiocyanates is 1. The van der Waals surface area contributed by atoms with Crippen LogP contribution in [0.25, 0.3) is 0 Å². The van der Waals surface area contributed by atoms with Crippen LogP contribution in [0.15, 0.2) is 0 Å². The second-order valence-corrected chi connectivity index (χ2v) is 4.63. The second kappa shape index (κ2) is 4.98. The second-order valence-electron chi connectivity index (χ2n) is 0.903. The zero-order valence-corrected chi connectivity index (χ0v) is 6.49. The summed E-state index contributed by atoms with van der Waals surface area (Å²) in [6.07, 6.45) is 0. The van der Waals surface area contributed by atoms with Crippen LogP contribution in [0, 0.1) is 10.7 Å². The Balaban J connectivity index is 2.97. The van der Waals surface area contributed by atoms with E-state index in [1.165, 1.54) is 0 Å². The van der Waals surface area contributed by atoms with Crippen molar-refractivity contribution in [2.24, 2.45) is 5.73 Å². The van der Waals surface area contributed by atoms with Crippen LogP contribution < -0.4 is 5.73 Å². The van der Waals surface area contributed by atoms with E-state index < -0.39 is 0 Å². The van der Waals surface area contributed by atoms with Gasteiger partial charge in [0, 0.05) is 0 Å². The molecule has 0 aliphatic rings. The fourth-order valence-electron chi connectivity index (χ4n) is 0.114. The first-order chi connectivity index (χ1) is 3.77. The Labute approximate surface area is 56.8 Å². The van der Waals surface area contributed by atoms with E-state index in [0.29, 0.717) is 5.32 Å². The quantitative estimate of drug-likeness (QED) is 0.382. The van der Waals surface area contributed by atoms with Crippen LogP contribution in [-0.2, 0) is 4.79 Å². The summed E-state index contributed by atoms with van der Waals surface area (Å²) >= 11 is 0.0284. The van der Waals surface area contributed by atoms with Gasteiger partial charge >= 0.3 is 56.4 Å². The number of rotatable bonds is 3. The van der Waals surface area contributed by atoms with Gasteiger partial charge in [-0.25, -0.2) is 0 Å². The predicted octanol–water partition coefficient (Wildman–Crippen LogP) is -0.277. The minimum atomic E-state index is -0.326. The van der Waals surface area contributed by atoms with Crippen LogP contribution in [0.1, 0.15) is 0 Å². The fourth-order valence-corrected chi connectivity index (χ4v) is 1.78. The molecular weight excluding hydrogens is 191 g/mol. The standard InChI is InChI=1S/C3H4N2OSSe/c4-2-7-8-1-3(5)6/h1H2,(H2,5,6). The molecule has 0 aromatic rings. The molecule has 1 amide bonds. The minimum absolute atomic E-state index is 0.0284. The topological polar surface area (TPSA) is 66.9 Å². The number of hydrogen-bond donors (Lipinski definition) is 1. The molecule has 0 atom stereocenters. The Morgan fingerprint density at radius 2 is 2.62 bits per heavy atom. The van der Waals surface area contributed by atoms with Crippen molar-refractivity contribution in [3.8, 4) is 5.40 Å². The van der Waals surface area contributed by atoms with Gasteiger partial charge in [-0.1, -0.05) is 0 Å². The molecule has 0 saturated carbocycles. The third-order valence-electron chi connectivity index (χ3n) is 0.297. The van der Waals surface area contributed by atoms with Crippen LogP contribution in [-0.4, -0.2) is 19.7 Å². The summed E-state index contributed by atoms with van der Waals surface area (Å²) in [5.74, 6) is -0.326. The molecule has 0 bridgehead atoms. The van der Waals surface area contributed by atoms with Crippen LogP contribution >= 0.6 is 10.2 Å². The van der Waals surface area contributed by atoms with E-state index in [1.807, 2.05) is 5.40 Å². The van der Waals surface area contributed by atoms with E-state index in [2.05, 4.69) is 0 Å². The van der Waals surface area contributed by atoms with E-state index in [-0.39, 0.29) is 19.7 Å². The predicted molar refractivity (Wildman–Crippen MR) is 33.0 cm³/mol. The van der Waals surface area contributed by atoms with Crippen LogP contribution in [0.2, 0.25) is 5.32 Å². The third kappa shape index (κ3) is 5.83. The first kappa shape index (κ1) is 7.83. The number of carbonyl (C=O) groups is 1. The number of amides is 1. The zero-order chi connectivity index (χ0) is 6.41. The molecule has 0 spiro atoms.